The normalized spacial score (nSPS) is 16.3. The molecule has 2 aliphatic rings. The highest BCUT2D eigenvalue weighted by atomic mass is 35.5. The molecule has 286 valence electrons. The van der Waals surface area contributed by atoms with Gasteiger partial charge in [0.05, 0.1) is 87.8 Å². The molecule has 2 saturated heterocycles. The molecule has 2 fully saturated rings. The summed E-state index contributed by atoms with van der Waals surface area (Å²) in [6.07, 6.45) is 6.09. The van der Waals surface area contributed by atoms with Gasteiger partial charge in [-0.25, -0.2) is 9.78 Å². The van der Waals surface area contributed by atoms with E-state index in [0.717, 1.165) is 40.9 Å². The zero-order chi connectivity index (χ0) is 36.8. The molecule has 5 rings (SSSR count). The number of aldehydes is 1. The number of imidazole rings is 1. The van der Waals surface area contributed by atoms with Crippen molar-refractivity contribution in [3.05, 3.63) is 53.1 Å². The highest BCUT2D eigenvalue weighted by Crippen LogP contribution is 2.39. The molecule has 0 atom stereocenters. The third-order valence-electron chi connectivity index (χ3n) is 9.74. The largest absolute Gasteiger partial charge is 0.443 e. The monoisotopic (exact) mass is 746 g/mol. The zero-order valence-corrected chi connectivity index (χ0v) is 31.1. The molecular weight excluding hydrogens is 695 g/mol. The second-order valence-electron chi connectivity index (χ2n) is 13.3. The number of aryl methyl sites for hydroxylation is 1. The number of likely N-dealkylation sites (tertiary alicyclic amines) is 2. The highest BCUT2D eigenvalue weighted by molar-refractivity contribution is 6.31. The molecule has 1 aromatic carbocycles. The lowest BCUT2D eigenvalue weighted by molar-refractivity contribution is -0.114. The first kappa shape index (κ1) is 39.8. The number of benzene rings is 1. The van der Waals surface area contributed by atoms with Crippen molar-refractivity contribution >= 4 is 40.7 Å². The summed E-state index contributed by atoms with van der Waals surface area (Å²) in [5.74, 6) is 0.814. The maximum Gasteiger partial charge on any atom is 0.410 e. The predicted octanol–water partition coefficient (Wildman–Crippen LogP) is 4.52. The van der Waals surface area contributed by atoms with E-state index in [0.29, 0.717) is 116 Å². The molecule has 1 amide bonds. The molecule has 0 saturated carbocycles. The van der Waals surface area contributed by atoms with E-state index in [1.54, 1.807) is 24.4 Å². The third-order valence-corrected chi connectivity index (χ3v) is 9.97. The van der Waals surface area contributed by atoms with Crippen molar-refractivity contribution in [2.75, 3.05) is 105 Å². The van der Waals surface area contributed by atoms with Gasteiger partial charge in [-0.2, -0.15) is 0 Å². The Bertz CT molecular complexity index is 1570. The minimum atomic E-state index is -0.783. The van der Waals surface area contributed by atoms with Gasteiger partial charge in [0.15, 0.2) is 0 Å². The number of pyridine rings is 1. The Morgan fingerprint density at radius 3 is 2.42 bits per heavy atom. The third kappa shape index (κ3) is 10.6. The van der Waals surface area contributed by atoms with Crippen LogP contribution in [-0.4, -0.2) is 143 Å². The van der Waals surface area contributed by atoms with Crippen molar-refractivity contribution in [1.29, 1.82) is 0 Å². The number of ether oxygens (including phenoxy) is 5. The molecule has 52 heavy (non-hydrogen) atoms. The number of fused-ring (bicyclic) bond motifs is 1. The van der Waals surface area contributed by atoms with Crippen LogP contribution in [0.4, 0.5) is 14.9 Å². The summed E-state index contributed by atoms with van der Waals surface area (Å²) in [5.41, 5.74) is 2.63. The Balaban J connectivity index is 1.08. The number of unbranched alkanes of at least 4 members (excludes halogenated alkanes) is 1. The van der Waals surface area contributed by atoms with Crippen molar-refractivity contribution in [3.8, 4) is 0 Å². The molecule has 0 unspecified atom stereocenters. The SMILES string of the molecule is COCCOCCOCCOCCN1CC(OC(=O)N2CCC(C=O)(c3ccncc3N(C)Cc3nc4cc(Cl)ccc4n3CCCCF)CC2)C1. The Labute approximate surface area is 310 Å². The first-order valence-electron chi connectivity index (χ1n) is 18.1. The van der Waals surface area contributed by atoms with Crippen LogP contribution in [0.25, 0.3) is 11.0 Å². The van der Waals surface area contributed by atoms with Crippen LogP contribution in [0.15, 0.2) is 36.7 Å². The molecule has 0 aliphatic carbocycles. The van der Waals surface area contributed by atoms with Crippen molar-refractivity contribution in [2.45, 2.75) is 50.3 Å². The lowest BCUT2D eigenvalue weighted by Gasteiger charge is -2.42. The number of carbonyl (C=O) groups excluding carboxylic acids is 2. The first-order valence-corrected chi connectivity index (χ1v) is 18.5. The van der Waals surface area contributed by atoms with Crippen molar-refractivity contribution < 1.29 is 37.7 Å². The standard InChI is InChI=1S/C37H52ClFN6O7/c1-42(27-35-41-32-23-29(38)5-6-33(32)45(35)12-4-3-10-39)34-24-40-11-7-31(34)37(28-46)8-13-44(14-9-37)36(47)52-30-25-43(26-30)15-16-49-19-20-51-22-21-50-18-17-48-2/h5-7,11,23-24,28,30H,3-4,8-10,12-22,25-27H2,1-2H3. The number of halogens is 2. The number of nitrogens with zero attached hydrogens (tertiary/aromatic N) is 6. The predicted molar refractivity (Wildman–Crippen MR) is 196 cm³/mol. The summed E-state index contributed by atoms with van der Waals surface area (Å²) in [4.78, 5) is 41.2. The van der Waals surface area contributed by atoms with E-state index in [2.05, 4.69) is 14.5 Å². The number of piperidine rings is 1. The van der Waals surface area contributed by atoms with E-state index in [1.807, 2.05) is 36.2 Å². The van der Waals surface area contributed by atoms with E-state index in [4.69, 9.17) is 40.3 Å². The van der Waals surface area contributed by atoms with Gasteiger partial charge in [-0.1, -0.05) is 11.6 Å². The van der Waals surface area contributed by atoms with E-state index in [-0.39, 0.29) is 18.9 Å². The molecule has 15 heteroatoms. The number of amides is 1. The van der Waals surface area contributed by atoms with Crippen molar-refractivity contribution in [1.82, 2.24) is 24.3 Å². The van der Waals surface area contributed by atoms with Gasteiger partial charge in [-0.3, -0.25) is 14.3 Å². The summed E-state index contributed by atoms with van der Waals surface area (Å²) >= 11 is 6.27. The number of aromatic nitrogens is 3. The number of rotatable bonds is 22. The molecule has 13 nitrogen and oxygen atoms in total. The molecule has 0 N–H and O–H groups in total. The maximum absolute atomic E-state index is 13.1. The van der Waals surface area contributed by atoms with Crippen LogP contribution in [0.3, 0.4) is 0 Å². The number of hydrogen-bond acceptors (Lipinski definition) is 11. The lowest BCUT2D eigenvalue weighted by Crippen LogP contribution is -2.55. The highest BCUT2D eigenvalue weighted by Gasteiger charge is 2.41. The van der Waals surface area contributed by atoms with Gasteiger partial charge in [-0.05, 0) is 55.5 Å². The fourth-order valence-electron chi connectivity index (χ4n) is 6.71. The van der Waals surface area contributed by atoms with Crippen LogP contribution < -0.4 is 4.90 Å². The average Bonchev–Trinajstić information content (AvgIpc) is 3.47. The van der Waals surface area contributed by atoms with Gasteiger partial charge in [-0.15, -0.1) is 0 Å². The second kappa shape index (κ2) is 20.2. The minimum absolute atomic E-state index is 0.163. The Morgan fingerprint density at radius 1 is 1.02 bits per heavy atom. The van der Waals surface area contributed by atoms with Crippen LogP contribution >= 0.6 is 11.6 Å². The molecule has 2 aliphatic heterocycles. The van der Waals surface area contributed by atoms with Gasteiger partial charge < -0.3 is 42.8 Å². The van der Waals surface area contributed by atoms with Crippen LogP contribution in [0.1, 0.15) is 37.1 Å². The molecule has 3 aromatic rings. The van der Waals surface area contributed by atoms with Crippen LogP contribution in [-0.2, 0) is 47.0 Å². The summed E-state index contributed by atoms with van der Waals surface area (Å²) in [7, 11) is 3.59. The number of anilines is 1. The number of alkyl halides is 1. The Hall–Kier alpha value is -3.40. The van der Waals surface area contributed by atoms with Crippen LogP contribution in [0, 0.1) is 0 Å². The van der Waals surface area contributed by atoms with Gasteiger partial charge in [0.1, 0.15) is 18.2 Å². The minimum Gasteiger partial charge on any atom is -0.443 e. The number of carbonyl (C=O) groups is 2. The topological polar surface area (TPSA) is 121 Å². The second-order valence-corrected chi connectivity index (χ2v) is 13.8. The lowest BCUT2D eigenvalue weighted by atomic mass is 9.73. The Kier molecular flexibility index (Phi) is 15.4. The van der Waals surface area contributed by atoms with Crippen LogP contribution in [0.5, 0.6) is 0 Å². The van der Waals surface area contributed by atoms with Crippen molar-refractivity contribution in [3.63, 3.8) is 0 Å². The average molecular weight is 747 g/mol. The number of hydrogen-bond donors (Lipinski definition) is 0. The molecule has 2 aromatic heterocycles. The van der Waals surface area contributed by atoms with Gasteiger partial charge >= 0.3 is 6.09 Å². The molecular formula is C37H52ClFN6O7. The summed E-state index contributed by atoms with van der Waals surface area (Å²) < 4.78 is 42.3. The maximum atomic E-state index is 13.1. The van der Waals surface area contributed by atoms with Crippen LogP contribution in [0.2, 0.25) is 5.02 Å². The fourth-order valence-corrected chi connectivity index (χ4v) is 6.88. The Morgan fingerprint density at radius 2 is 1.73 bits per heavy atom. The smallest absolute Gasteiger partial charge is 0.410 e. The number of methoxy groups -OCH3 is 1. The van der Waals surface area contributed by atoms with Gasteiger partial charge in [0.25, 0.3) is 0 Å². The van der Waals surface area contributed by atoms with E-state index in [1.165, 1.54) is 0 Å². The first-order chi connectivity index (χ1) is 25.4. The summed E-state index contributed by atoms with van der Waals surface area (Å²) in [6, 6.07) is 7.52. The summed E-state index contributed by atoms with van der Waals surface area (Å²) in [5, 5.41) is 0.601. The van der Waals surface area contributed by atoms with E-state index < -0.39 is 5.41 Å². The van der Waals surface area contributed by atoms with E-state index in [9.17, 15) is 14.0 Å². The molecule has 4 heterocycles. The van der Waals surface area contributed by atoms with Gasteiger partial charge in [0, 0.05) is 64.6 Å². The summed E-state index contributed by atoms with van der Waals surface area (Å²) in [6.45, 7) is 7.40. The van der Waals surface area contributed by atoms with Gasteiger partial charge in [0.2, 0.25) is 0 Å². The quantitative estimate of drug-likeness (QED) is 0.107. The molecule has 0 spiro atoms. The van der Waals surface area contributed by atoms with Crippen molar-refractivity contribution in [2.24, 2.45) is 0 Å². The molecule has 0 bridgehead atoms. The fraction of sp³-hybridized carbons (Fsp3) is 0.622. The van der Waals surface area contributed by atoms with E-state index >= 15 is 0 Å². The molecule has 0 radical (unpaired) electrons. The zero-order valence-electron chi connectivity index (χ0n) is 30.4.